The predicted molar refractivity (Wildman–Crippen MR) is 95.3 cm³/mol. The summed E-state index contributed by atoms with van der Waals surface area (Å²) in [7, 11) is 0. The zero-order valence-corrected chi connectivity index (χ0v) is 14.5. The Hall–Kier alpha value is -2.60. The number of aromatic nitrogens is 1. The number of benzene rings is 1. The van der Waals surface area contributed by atoms with Crippen molar-refractivity contribution in [3.63, 3.8) is 0 Å². The quantitative estimate of drug-likeness (QED) is 0.460. The lowest BCUT2D eigenvalue weighted by atomic mass is 10.0. The van der Waals surface area contributed by atoms with Gasteiger partial charge in [0.15, 0.2) is 11.7 Å². The van der Waals surface area contributed by atoms with Crippen LogP contribution in [0.4, 0.5) is 17.6 Å². The van der Waals surface area contributed by atoms with Gasteiger partial charge in [-0.05, 0) is 37.3 Å². The Morgan fingerprint density at radius 3 is 2.50 bits per heavy atom. The molecule has 1 aromatic carbocycles. The van der Waals surface area contributed by atoms with Gasteiger partial charge in [0.2, 0.25) is 0 Å². The molecule has 0 spiro atoms. The van der Waals surface area contributed by atoms with Crippen LogP contribution in [0.2, 0.25) is 5.02 Å². The largest absolute Gasteiger partial charge is 0.306 e. The van der Waals surface area contributed by atoms with Crippen molar-refractivity contribution in [1.29, 1.82) is 0 Å². The Morgan fingerprint density at radius 1 is 1.19 bits per heavy atom. The molecule has 26 heavy (non-hydrogen) atoms. The van der Waals surface area contributed by atoms with Crippen molar-refractivity contribution in [3.8, 4) is 11.1 Å². The van der Waals surface area contributed by atoms with E-state index in [0.717, 1.165) is 22.8 Å². The fourth-order valence-electron chi connectivity index (χ4n) is 2.41. The maximum absolute atomic E-state index is 14.8. The van der Waals surface area contributed by atoms with Gasteiger partial charge in [-0.2, -0.15) is 0 Å². The van der Waals surface area contributed by atoms with Gasteiger partial charge in [-0.1, -0.05) is 18.2 Å². The summed E-state index contributed by atoms with van der Waals surface area (Å²) >= 11 is 6.06. The van der Waals surface area contributed by atoms with Gasteiger partial charge in [0.1, 0.15) is 11.6 Å². The SMILES string of the molecule is C=C/C(F)=C\C(F)=C(/F)c1c(-c2cc(F)ccc2Cl)ccc(=O)n1CC. The molecular weight excluding hydrogens is 370 g/mol. The van der Waals surface area contributed by atoms with Crippen LogP contribution in [-0.2, 0) is 6.54 Å². The first-order valence-electron chi connectivity index (χ1n) is 7.54. The van der Waals surface area contributed by atoms with Crippen molar-refractivity contribution in [2.75, 3.05) is 0 Å². The lowest BCUT2D eigenvalue weighted by Crippen LogP contribution is -2.22. The van der Waals surface area contributed by atoms with E-state index in [-0.39, 0.29) is 22.7 Å². The predicted octanol–water partition coefficient (Wildman–Crippen LogP) is 5.97. The van der Waals surface area contributed by atoms with E-state index in [4.69, 9.17) is 11.6 Å². The molecule has 0 N–H and O–H groups in total. The number of rotatable bonds is 5. The smallest absolute Gasteiger partial charge is 0.251 e. The van der Waals surface area contributed by atoms with Crippen LogP contribution in [0.3, 0.4) is 0 Å². The van der Waals surface area contributed by atoms with E-state index in [1.54, 1.807) is 6.92 Å². The van der Waals surface area contributed by atoms with Crippen LogP contribution < -0.4 is 5.56 Å². The maximum atomic E-state index is 14.8. The molecule has 0 fully saturated rings. The Kier molecular flexibility index (Phi) is 6.21. The van der Waals surface area contributed by atoms with Crippen LogP contribution >= 0.6 is 11.6 Å². The van der Waals surface area contributed by atoms with E-state index in [1.807, 2.05) is 0 Å². The lowest BCUT2D eigenvalue weighted by Gasteiger charge is -2.16. The molecule has 2 aromatic rings. The zero-order chi connectivity index (χ0) is 19.4. The monoisotopic (exact) mass is 383 g/mol. The van der Waals surface area contributed by atoms with E-state index in [1.165, 1.54) is 12.1 Å². The molecule has 1 aromatic heterocycles. The summed E-state index contributed by atoms with van der Waals surface area (Å²) in [4.78, 5) is 12.1. The summed E-state index contributed by atoms with van der Waals surface area (Å²) in [5, 5.41) is 0.0787. The molecule has 0 unspecified atom stereocenters. The average molecular weight is 384 g/mol. The molecule has 0 saturated carbocycles. The molecule has 0 aliphatic heterocycles. The molecule has 0 saturated heterocycles. The van der Waals surface area contributed by atoms with Crippen molar-refractivity contribution in [2.24, 2.45) is 0 Å². The Labute approximate surface area is 152 Å². The van der Waals surface area contributed by atoms with Gasteiger partial charge < -0.3 is 4.57 Å². The van der Waals surface area contributed by atoms with Crippen LogP contribution in [0.15, 0.2) is 65.5 Å². The van der Waals surface area contributed by atoms with E-state index >= 15 is 0 Å². The molecule has 0 aliphatic carbocycles. The minimum atomic E-state index is -1.54. The summed E-state index contributed by atoms with van der Waals surface area (Å²) in [5.41, 5.74) is -0.996. The molecule has 0 radical (unpaired) electrons. The third-order valence-electron chi connectivity index (χ3n) is 3.60. The van der Waals surface area contributed by atoms with Crippen molar-refractivity contribution >= 4 is 17.4 Å². The van der Waals surface area contributed by atoms with E-state index in [2.05, 4.69) is 6.58 Å². The first kappa shape index (κ1) is 19.7. The molecule has 2 nitrogen and oxygen atoms in total. The van der Waals surface area contributed by atoms with Gasteiger partial charge in [0.05, 0.1) is 5.69 Å². The van der Waals surface area contributed by atoms with Gasteiger partial charge in [-0.3, -0.25) is 4.79 Å². The standard InChI is InChI=1S/C19H14ClF4NO/c1-3-11(21)10-16(23)18(24)19-13(6-8-17(26)25(19)4-2)14-9-12(22)5-7-15(14)20/h3,5-10H,1,4H2,2H3/b11-10+,18-16+. The summed E-state index contributed by atoms with van der Waals surface area (Å²) in [5.74, 6) is -4.75. The van der Waals surface area contributed by atoms with Gasteiger partial charge in [-0.15, -0.1) is 0 Å². The molecule has 0 aliphatic rings. The number of nitrogens with zero attached hydrogens (tertiary/aromatic N) is 1. The summed E-state index contributed by atoms with van der Waals surface area (Å²) < 4.78 is 56.8. The number of hydrogen-bond donors (Lipinski definition) is 0. The number of hydrogen-bond acceptors (Lipinski definition) is 1. The molecule has 136 valence electrons. The fraction of sp³-hybridized carbons (Fsp3) is 0.105. The second kappa shape index (κ2) is 8.19. The summed E-state index contributed by atoms with van der Waals surface area (Å²) in [6.07, 6.45) is 1.01. The Morgan fingerprint density at radius 2 is 1.88 bits per heavy atom. The van der Waals surface area contributed by atoms with Crippen LogP contribution in [-0.4, -0.2) is 4.57 Å². The van der Waals surface area contributed by atoms with Crippen LogP contribution in [0.1, 0.15) is 12.6 Å². The van der Waals surface area contributed by atoms with Crippen LogP contribution in [0.25, 0.3) is 17.0 Å². The van der Waals surface area contributed by atoms with Gasteiger partial charge in [-0.25, -0.2) is 17.6 Å². The highest BCUT2D eigenvalue weighted by Crippen LogP contribution is 2.35. The normalized spacial score (nSPS) is 12.8. The van der Waals surface area contributed by atoms with Gasteiger partial charge >= 0.3 is 0 Å². The second-order valence-electron chi connectivity index (χ2n) is 5.20. The van der Waals surface area contributed by atoms with Crippen molar-refractivity contribution < 1.29 is 17.6 Å². The average Bonchev–Trinajstić information content (AvgIpc) is 2.62. The minimum Gasteiger partial charge on any atom is -0.306 e. The highest BCUT2D eigenvalue weighted by Gasteiger charge is 2.20. The lowest BCUT2D eigenvalue weighted by molar-refractivity contribution is 0.598. The first-order valence-corrected chi connectivity index (χ1v) is 7.92. The number of allylic oxidation sites excluding steroid dienone is 4. The van der Waals surface area contributed by atoms with Gasteiger partial charge in [0.25, 0.3) is 5.56 Å². The van der Waals surface area contributed by atoms with Crippen molar-refractivity contribution in [2.45, 2.75) is 13.5 Å². The van der Waals surface area contributed by atoms with Gasteiger partial charge in [0, 0.05) is 34.8 Å². The number of halogens is 5. The Bertz CT molecular complexity index is 976. The zero-order valence-electron chi connectivity index (χ0n) is 13.7. The first-order chi connectivity index (χ1) is 12.3. The molecule has 0 atom stereocenters. The Balaban J connectivity index is 2.89. The molecule has 0 amide bonds. The third-order valence-corrected chi connectivity index (χ3v) is 3.93. The topological polar surface area (TPSA) is 22.0 Å². The molecule has 7 heteroatoms. The fourth-order valence-corrected chi connectivity index (χ4v) is 2.63. The van der Waals surface area contributed by atoms with E-state index in [9.17, 15) is 22.4 Å². The molecule has 1 heterocycles. The minimum absolute atomic E-state index is 0.00327. The highest BCUT2D eigenvalue weighted by atomic mass is 35.5. The highest BCUT2D eigenvalue weighted by molar-refractivity contribution is 6.33. The van der Waals surface area contributed by atoms with Crippen molar-refractivity contribution in [3.05, 3.63) is 87.6 Å². The molecular formula is C19H14ClF4NO. The van der Waals surface area contributed by atoms with Crippen LogP contribution in [0, 0.1) is 5.82 Å². The second-order valence-corrected chi connectivity index (χ2v) is 5.60. The van der Waals surface area contributed by atoms with E-state index < -0.39 is 34.6 Å². The summed E-state index contributed by atoms with van der Waals surface area (Å²) in [6, 6.07) is 5.75. The maximum Gasteiger partial charge on any atom is 0.251 e. The van der Waals surface area contributed by atoms with Crippen LogP contribution in [0.5, 0.6) is 0 Å². The molecule has 0 bridgehead atoms. The van der Waals surface area contributed by atoms with Crippen molar-refractivity contribution in [1.82, 2.24) is 4.57 Å². The number of pyridine rings is 1. The summed E-state index contributed by atoms with van der Waals surface area (Å²) in [6.45, 7) is 4.66. The molecule has 2 rings (SSSR count). The van der Waals surface area contributed by atoms with E-state index in [0.29, 0.717) is 12.2 Å². The third kappa shape index (κ3) is 3.96.